The van der Waals surface area contributed by atoms with E-state index in [4.69, 9.17) is 0 Å². The number of carbonyl (C=O) groups excluding carboxylic acids is 1. The monoisotopic (exact) mass is 342 g/mol. The Labute approximate surface area is 146 Å². The molecule has 1 amide bonds. The van der Waals surface area contributed by atoms with Crippen LogP contribution in [0.1, 0.15) is 46.0 Å². The fraction of sp³-hybridized carbons (Fsp3) is 0.882. The van der Waals surface area contributed by atoms with E-state index in [1.54, 1.807) is 0 Å². The molecule has 0 aromatic heterocycles. The van der Waals surface area contributed by atoms with Crippen molar-refractivity contribution in [1.29, 1.82) is 0 Å². The van der Waals surface area contributed by atoms with Gasteiger partial charge in [-0.2, -0.15) is 11.8 Å². The van der Waals surface area contributed by atoms with E-state index < -0.39 is 0 Å². The second-order valence-corrected chi connectivity index (χ2v) is 7.09. The summed E-state index contributed by atoms with van der Waals surface area (Å²) in [6, 6.07) is 0.410. The van der Waals surface area contributed by atoms with Crippen LogP contribution in [-0.2, 0) is 4.79 Å². The summed E-state index contributed by atoms with van der Waals surface area (Å²) < 4.78 is 0. The van der Waals surface area contributed by atoms with E-state index in [-0.39, 0.29) is 5.92 Å². The van der Waals surface area contributed by atoms with Crippen molar-refractivity contribution < 1.29 is 4.79 Å². The van der Waals surface area contributed by atoms with Crippen molar-refractivity contribution in [2.75, 3.05) is 38.7 Å². The van der Waals surface area contributed by atoms with Crippen LogP contribution in [0.3, 0.4) is 0 Å². The minimum Gasteiger partial charge on any atom is -0.356 e. The quantitative estimate of drug-likeness (QED) is 0.404. The molecule has 0 unspecified atom stereocenters. The zero-order valence-corrected chi connectivity index (χ0v) is 16.0. The summed E-state index contributed by atoms with van der Waals surface area (Å²) in [4.78, 5) is 18.8. The summed E-state index contributed by atoms with van der Waals surface area (Å²) in [7, 11) is 1.82. The van der Waals surface area contributed by atoms with E-state index in [0.29, 0.717) is 11.9 Å². The van der Waals surface area contributed by atoms with Gasteiger partial charge in [0.2, 0.25) is 5.91 Å². The van der Waals surface area contributed by atoms with Crippen molar-refractivity contribution in [2.24, 2.45) is 10.9 Å². The molecule has 1 rings (SSSR count). The van der Waals surface area contributed by atoms with Crippen LogP contribution in [0.4, 0.5) is 0 Å². The van der Waals surface area contributed by atoms with Crippen molar-refractivity contribution in [3.05, 3.63) is 0 Å². The van der Waals surface area contributed by atoms with Gasteiger partial charge in [0, 0.05) is 38.6 Å². The van der Waals surface area contributed by atoms with E-state index >= 15 is 0 Å². The first-order valence-electron chi connectivity index (χ1n) is 8.91. The lowest BCUT2D eigenvalue weighted by molar-refractivity contribution is -0.136. The number of hydrogen-bond acceptors (Lipinski definition) is 3. The topological polar surface area (TPSA) is 56.7 Å². The first-order chi connectivity index (χ1) is 11.2. The van der Waals surface area contributed by atoms with Crippen LogP contribution < -0.4 is 10.6 Å². The van der Waals surface area contributed by atoms with Gasteiger partial charge in [0.1, 0.15) is 0 Å². The molecule has 1 saturated heterocycles. The molecule has 0 aliphatic carbocycles. The fourth-order valence-electron chi connectivity index (χ4n) is 2.95. The number of nitrogens with one attached hydrogen (secondary N) is 2. The highest BCUT2D eigenvalue weighted by Gasteiger charge is 2.26. The average molecular weight is 343 g/mol. The van der Waals surface area contributed by atoms with Gasteiger partial charge >= 0.3 is 0 Å². The Balaban J connectivity index is 2.33. The number of amides is 1. The zero-order valence-electron chi connectivity index (χ0n) is 15.2. The molecule has 0 atom stereocenters. The first-order valence-corrected chi connectivity index (χ1v) is 10.3. The molecule has 1 heterocycles. The molecular formula is C17H34N4OS. The maximum atomic E-state index is 12.4. The smallest absolute Gasteiger partial charge is 0.225 e. The molecule has 134 valence electrons. The third-order valence-electron chi connectivity index (χ3n) is 4.52. The van der Waals surface area contributed by atoms with Gasteiger partial charge in [-0.25, -0.2) is 0 Å². The minimum atomic E-state index is 0.199. The van der Waals surface area contributed by atoms with Gasteiger partial charge < -0.3 is 15.5 Å². The second kappa shape index (κ2) is 11.6. The average Bonchev–Trinajstić information content (AvgIpc) is 2.59. The predicted molar refractivity (Wildman–Crippen MR) is 101 cm³/mol. The number of guanidine groups is 1. The first kappa shape index (κ1) is 20.1. The van der Waals surface area contributed by atoms with Crippen molar-refractivity contribution in [2.45, 2.75) is 52.0 Å². The number of rotatable bonds is 8. The molecule has 0 radical (unpaired) electrons. The summed E-state index contributed by atoms with van der Waals surface area (Å²) >= 11 is 1.87. The summed E-state index contributed by atoms with van der Waals surface area (Å²) in [5.74, 6) is 2.59. The molecule has 1 fully saturated rings. The minimum absolute atomic E-state index is 0.199. The van der Waals surface area contributed by atoms with Crippen LogP contribution in [0.2, 0.25) is 0 Å². The highest BCUT2D eigenvalue weighted by Crippen LogP contribution is 2.17. The number of aliphatic imine (C=N–C) groups is 1. The Morgan fingerprint density at radius 2 is 1.96 bits per heavy atom. The highest BCUT2D eigenvalue weighted by molar-refractivity contribution is 7.98. The fourth-order valence-corrected chi connectivity index (χ4v) is 3.38. The lowest BCUT2D eigenvalue weighted by Gasteiger charge is -2.34. The molecular weight excluding hydrogens is 308 g/mol. The Bertz CT molecular complexity index is 364. The van der Waals surface area contributed by atoms with E-state index in [9.17, 15) is 4.79 Å². The highest BCUT2D eigenvalue weighted by atomic mass is 32.2. The Morgan fingerprint density at radius 1 is 1.30 bits per heavy atom. The summed E-state index contributed by atoms with van der Waals surface area (Å²) in [5, 5.41) is 6.86. The molecule has 6 heteroatoms. The number of nitrogens with zero attached hydrogens (tertiary/aromatic N) is 2. The normalized spacial score (nSPS) is 16.7. The van der Waals surface area contributed by atoms with Crippen LogP contribution in [-0.4, -0.2) is 61.5 Å². The molecule has 0 bridgehead atoms. The largest absolute Gasteiger partial charge is 0.356 e. The standard InChI is InChI=1S/C17H34N4OS/c1-5-14(6-2)16(22)21-11-8-15(9-12-21)20-17(18-3)19-10-7-13-23-4/h14-15H,5-13H2,1-4H3,(H2,18,19,20). The number of hydrogen-bond donors (Lipinski definition) is 2. The van der Waals surface area contributed by atoms with Crippen LogP contribution in [0.25, 0.3) is 0 Å². The Kier molecular flexibility index (Phi) is 10.2. The maximum Gasteiger partial charge on any atom is 0.225 e. The number of thioether (sulfide) groups is 1. The zero-order chi connectivity index (χ0) is 17.1. The van der Waals surface area contributed by atoms with Gasteiger partial charge in [0.15, 0.2) is 5.96 Å². The number of carbonyl (C=O) groups is 1. The molecule has 2 N–H and O–H groups in total. The van der Waals surface area contributed by atoms with Crippen LogP contribution in [0.15, 0.2) is 4.99 Å². The molecule has 1 aliphatic rings. The van der Waals surface area contributed by atoms with Gasteiger partial charge in [0.25, 0.3) is 0 Å². The molecule has 23 heavy (non-hydrogen) atoms. The number of piperidine rings is 1. The van der Waals surface area contributed by atoms with Gasteiger partial charge in [-0.3, -0.25) is 9.79 Å². The van der Waals surface area contributed by atoms with Crippen molar-refractivity contribution >= 4 is 23.6 Å². The lowest BCUT2D eigenvalue weighted by atomic mass is 9.98. The van der Waals surface area contributed by atoms with Gasteiger partial charge in [0.05, 0.1) is 0 Å². The molecule has 0 saturated carbocycles. The van der Waals surface area contributed by atoms with E-state index in [1.807, 2.05) is 23.7 Å². The molecule has 0 aromatic rings. The van der Waals surface area contributed by atoms with Crippen molar-refractivity contribution in [3.63, 3.8) is 0 Å². The predicted octanol–water partition coefficient (Wildman–Crippen LogP) is 2.33. The van der Waals surface area contributed by atoms with Gasteiger partial charge in [-0.15, -0.1) is 0 Å². The van der Waals surface area contributed by atoms with Crippen LogP contribution in [0, 0.1) is 5.92 Å². The molecule has 1 aliphatic heterocycles. The van der Waals surface area contributed by atoms with E-state index in [2.05, 4.69) is 35.7 Å². The lowest BCUT2D eigenvalue weighted by Crippen LogP contribution is -2.50. The maximum absolute atomic E-state index is 12.4. The molecule has 0 spiro atoms. The summed E-state index contributed by atoms with van der Waals surface area (Å²) in [6.45, 7) is 6.87. The van der Waals surface area contributed by atoms with Crippen molar-refractivity contribution in [1.82, 2.24) is 15.5 Å². The second-order valence-electron chi connectivity index (χ2n) is 6.10. The Morgan fingerprint density at radius 3 is 2.48 bits per heavy atom. The molecule has 5 nitrogen and oxygen atoms in total. The SMILES string of the molecule is CCC(CC)C(=O)N1CCC(NC(=NC)NCCCSC)CC1. The van der Waals surface area contributed by atoms with Gasteiger partial charge in [-0.05, 0) is 44.1 Å². The van der Waals surface area contributed by atoms with Crippen LogP contribution in [0.5, 0.6) is 0 Å². The Hall–Kier alpha value is -0.910. The summed E-state index contributed by atoms with van der Waals surface area (Å²) in [5.41, 5.74) is 0. The van der Waals surface area contributed by atoms with Crippen LogP contribution >= 0.6 is 11.8 Å². The van der Waals surface area contributed by atoms with Gasteiger partial charge in [-0.1, -0.05) is 13.8 Å². The van der Waals surface area contributed by atoms with Crippen molar-refractivity contribution in [3.8, 4) is 0 Å². The third kappa shape index (κ3) is 7.02. The third-order valence-corrected chi connectivity index (χ3v) is 5.22. The van der Waals surface area contributed by atoms with E-state index in [0.717, 1.165) is 57.7 Å². The summed E-state index contributed by atoms with van der Waals surface area (Å²) in [6.07, 6.45) is 7.16. The van der Waals surface area contributed by atoms with E-state index in [1.165, 1.54) is 5.75 Å². The molecule has 0 aromatic carbocycles. The number of likely N-dealkylation sites (tertiary alicyclic amines) is 1.